The molecule has 3 fully saturated rings. The second-order valence-electron chi connectivity index (χ2n) is 8.14. The molecule has 0 heterocycles. The third-order valence-electron chi connectivity index (χ3n) is 6.60. The van der Waals surface area contributed by atoms with E-state index in [0.717, 1.165) is 35.6 Å². The van der Waals surface area contributed by atoms with Crippen LogP contribution in [0.5, 0.6) is 0 Å². The largest absolute Gasteiger partial charge is 0.314 e. The fourth-order valence-corrected chi connectivity index (χ4v) is 5.18. The first-order valence-corrected chi connectivity index (χ1v) is 9.51. The van der Waals surface area contributed by atoms with E-state index in [4.69, 9.17) is 0 Å². The van der Waals surface area contributed by atoms with Gasteiger partial charge in [-0.1, -0.05) is 46.0 Å². The average Bonchev–Trinajstić information content (AvgIpc) is 3.30. The van der Waals surface area contributed by atoms with E-state index in [2.05, 4.69) is 19.2 Å². The molecule has 116 valence electrons. The van der Waals surface area contributed by atoms with Crippen molar-refractivity contribution in [1.82, 2.24) is 5.32 Å². The highest BCUT2D eigenvalue weighted by molar-refractivity contribution is 4.90. The summed E-state index contributed by atoms with van der Waals surface area (Å²) in [5, 5.41) is 3.84. The van der Waals surface area contributed by atoms with E-state index < -0.39 is 0 Å². The van der Waals surface area contributed by atoms with Gasteiger partial charge in [-0.15, -0.1) is 0 Å². The molecule has 3 aliphatic rings. The van der Waals surface area contributed by atoms with Crippen molar-refractivity contribution in [3.63, 3.8) is 0 Å². The van der Waals surface area contributed by atoms with E-state index in [-0.39, 0.29) is 0 Å². The van der Waals surface area contributed by atoms with Crippen molar-refractivity contribution in [3.8, 4) is 0 Å². The van der Waals surface area contributed by atoms with Crippen molar-refractivity contribution in [2.45, 2.75) is 84.1 Å². The Bertz CT molecular complexity index is 296. The molecule has 1 N–H and O–H groups in total. The maximum atomic E-state index is 3.84. The van der Waals surface area contributed by atoms with E-state index in [1.165, 1.54) is 70.8 Å². The topological polar surface area (TPSA) is 12.0 Å². The van der Waals surface area contributed by atoms with Crippen LogP contribution in [0.1, 0.15) is 78.1 Å². The molecule has 5 unspecified atom stereocenters. The lowest BCUT2D eigenvalue weighted by Gasteiger charge is -2.45. The summed E-state index contributed by atoms with van der Waals surface area (Å²) in [5.41, 5.74) is 0. The Kier molecular flexibility index (Phi) is 5.07. The minimum absolute atomic E-state index is 0.892. The first-order valence-electron chi connectivity index (χ1n) is 9.51. The van der Waals surface area contributed by atoms with Crippen LogP contribution in [-0.4, -0.2) is 12.6 Å². The molecule has 0 aromatic rings. The monoisotopic (exact) mass is 277 g/mol. The zero-order chi connectivity index (χ0) is 13.9. The SMILES string of the molecule is CCC1CCCCC1C1CC(C)CCC1CNC1CC1. The maximum absolute atomic E-state index is 3.84. The summed E-state index contributed by atoms with van der Waals surface area (Å²) in [6, 6.07) is 0.892. The van der Waals surface area contributed by atoms with E-state index in [1.807, 2.05) is 0 Å². The summed E-state index contributed by atoms with van der Waals surface area (Å²) in [6.45, 7) is 6.27. The average molecular weight is 277 g/mol. The Morgan fingerprint density at radius 1 is 0.850 bits per heavy atom. The van der Waals surface area contributed by atoms with Gasteiger partial charge in [0, 0.05) is 6.04 Å². The van der Waals surface area contributed by atoms with Crippen molar-refractivity contribution in [1.29, 1.82) is 0 Å². The molecule has 3 saturated carbocycles. The molecule has 1 heteroatoms. The molecular weight excluding hydrogens is 242 g/mol. The minimum Gasteiger partial charge on any atom is -0.314 e. The van der Waals surface area contributed by atoms with Gasteiger partial charge in [0.05, 0.1) is 0 Å². The van der Waals surface area contributed by atoms with Crippen molar-refractivity contribution in [2.24, 2.45) is 29.6 Å². The summed E-state index contributed by atoms with van der Waals surface area (Å²) in [6.07, 6.45) is 14.9. The summed E-state index contributed by atoms with van der Waals surface area (Å²) >= 11 is 0. The molecule has 0 spiro atoms. The van der Waals surface area contributed by atoms with Gasteiger partial charge in [-0.2, -0.15) is 0 Å². The maximum Gasteiger partial charge on any atom is 0.00683 e. The summed E-state index contributed by atoms with van der Waals surface area (Å²) in [4.78, 5) is 0. The Labute approximate surface area is 126 Å². The summed E-state index contributed by atoms with van der Waals surface area (Å²) < 4.78 is 0. The van der Waals surface area contributed by atoms with Crippen LogP contribution in [0.2, 0.25) is 0 Å². The summed E-state index contributed by atoms with van der Waals surface area (Å²) in [7, 11) is 0. The molecule has 0 amide bonds. The second kappa shape index (κ2) is 6.81. The van der Waals surface area contributed by atoms with E-state index in [1.54, 1.807) is 0 Å². The quantitative estimate of drug-likeness (QED) is 0.745. The van der Waals surface area contributed by atoms with Gasteiger partial charge in [0.25, 0.3) is 0 Å². The Hall–Kier alpha value is -0.0400. The van der Waals surface area contributed by atoms with Crippen LogP contribution in [0.15, 0.2) is 0 Å². The summed E-state index contributed by atoms with van der Waals surface area (Å²) in [5.74, 6) is 5.11. The van der Waals surface area contributed by atoms with Gasteiger partial charge in [-0.05, 0) is 68.2 Å². The van der Waals surface area contributed by atoms with Crippen LogP contribution in [0.4, 0.5) is 0 Å². The van der Waals surface area contributed by atoms with Crippen LogP contribution in [0.25, 0.3) is 0 Å². The lowest BCUT2D eigenvalue weighted by molar-refractivity contribution is 0.0601. The van der Waals surface area contributed by atoms with Crippen molar-refractivity contribution < 1.29 is 0 Å². The van der Waals surface area contributed by atoms with E-state index >= 15 is 0 Å². The molecule has 1 nitrogen and oxygen atoms in total. The van der Waals surface area contributed by atoms with Crippen molar-refractivity contribution in [2.75, 3.05) is 6.54 Å². The van der Waals surface area contributed by atoms with Crippen LogP contribution in [0.3, 0.4) is 0 Å². The first-order chi connectivity index (χ1) is 9.78. The fraction of sp³-hybridized carbons (Fsp3) is 1.00. The van der Waals surface area contributed by atoms with Gasteiger partial charge in [0.1, 0.15) is 0 Å². The fourth-order valence-electron chi connectivity index (χ4n) is 5.18. The third-order valence-corrected chi connectivity index (χ3v) is 6.60. The number of hydrogen-bond acceptors (Lipinski definition) is 1. The standard InChI is InChI=1S/C19H35N/c1-3-15-6-4-5-7-18(15)19-12-14(2)8-9-16(19)13-20-17-10-11-17/h14-20H,3-13H2,1-2H3. The number of nitrogens with one attached hydrogen (secondary N) is 1. The van der Waals surface area contributed by atoms with E-state index in [9.17, 15) is 0 Å². The third kappa shape index (κ3) is 3.59. The Balaban J connectivity index is 1.63. The Morgan fingerprint density at radius 3 is 2.40 bits per heavy atom. The first kappa shape index (κ1) is 14.9. The van der Waals surface area contributed by atoms with E-state index in [0.29, 0.717) is 0 Å². The number of hydrogen-bond donors (Lipinski definition) is 1. The number of rotatable bonds is 5. The van der Waals surface area contributed by atoms with Crippen molar-refractivity contribution >= 4 is 0 Å². The normalized spacial score (nSPS) is 42.6. The Morgan fingerprint density at radius 2 is 1.65 bits per heavy atom. The van der Waals surface area contributed by atoms with Gasteiger partial charge >= 0.3 is 0 Å². The highest BCUT2D eigenvalue weighted by atomic mass is 14.9. The second-order valence-corrected chi connectivity index (χ2v) is 8.14. The smallest absolute Gasteiger partial charge is 0.00683 e. The predicted octanol–water partition coefficient (Wildman–Crippen LogP) is 5.01. The molecule has 0 aromatic carbocycles. The van der Waals surface area contributed by atoms with Gasteiger partial charge in [0.2, 0.25) is 0 Å². The van der Waals surface area contributed by atoms with Gasteiger partial charge in [-0.25, -0.2) is 0 Å². The molecule has 0 bridgehead atoms. The highest BCUT2D eigenvalue weighted by Crippen LogP contribution is 2.46. The highest BCUT2D eigenvalue weighted by Gasteiger charge is 2.38. The predicted molar refractivity (Wildman–Crippen MR) is 86.8 cm³/mol. The van der Waals surface area contributed by atoms with Gasteiger partial charge < -0.3 is 5.32 Å². The molecule has 3 aliphatic carbocycles. The lowest BCUT2D eigenvalue weighted by Crippen LogP contribution is -2.40. The molecule has 0 radical (unpaired) electrons. The molecule has 0 aromatic heterocycles. The molecular formula is C19H35N. The molecule has 0 saturated heterocycles. The minimum atomic E-state index is 0.892. The van der Waals surface area contributed by atoms with Crippen molar-refractivity contribution in [3.05, 3.63) is 0 Å². The molecule has 5 atom stereocenters. The van der Waals surface area contributed by atoms with Gasteiger partial charge in [-0.3, -0.25) is 0 Å². The zero-order valence-corrected chi connectivity index (χ0v) is 13.7. The van der Waals surface area contributed by atoms with Gasteiger partial charge in [0.15, 0.2) is 0 Å². The lowest BCUT2D eigenvalue weighted by atomic mass is 9.62. The van der Waals surface area contributed by atoms with Crippen LogP contribution in [0, 0.1) is 29.6 Å². The zero-order valence-electron chi connectivity index (χ0n) is 13.7. The van der Waals surface area contributed by atoms with Crippen LogP contribution >= 0.6 is 0 Å². The molecule has 0 aliphatic heterocycles. The molecule has 20 heavy (non-hydrogen) atoms. The van der Waals surface area contributed by atoms with Crippen LogP contribution < -0.4 is 5.32 Å². The van der Waals surface area contributed by atoms with Crippen LogP contribution in [-0.2, 0) is 0 Å². The molecule has 3 rings (SSSR count).